The van der Waals surface area contributed by atoms with Gasteiger partial charge in [0, 0.05) is 24.2 Å². The molecule has 8 heteroatoms. The highest BCUT2D eigenvalue weighted by atomic mass is 19.1. The Hall–Kier alpha value is -3.55. The van der Waals surface area contributed by atoms with E-state index in [0.717, 1.165) is 41.8 Å². The van der Waals surface area contributed by atoms with Crippen molar-refractivity contribution in [1.82, 2.24) is 25.0 Å². The highest BCUT2D eigenvalue weighted by Crippen LogP contribution is 2.37. The maximum atomic E-state index is 13.8. The van der Waals surface area contributed by atoms with E-state index in [1.807, 2.05) is 40.9 Å². The lowest BCUT2D eigenvalue weighted by molar-refractivity contribution is 0.442. The average Bonchev–Trinajstić information content (AvgIpc) is 3.58. The number of halogens is 1. The Bertz CT molecular complexity index is 1360. The maximum Gasteiger partial charge on any atom is 0.137 e. The average molecular weight is 475 g/mol. The number of nitrogens with zero attached hydrogens (tertiary/aromatic N) is 6. The predicted molar refractivity (Wildman–Crippen MR) is 137 cm³/mol. The van der Waals surface area contributed by atoms with Crippen molar-refractivity contribution in [1.29, 1.82) is 0 Å². The van der Waals surface area contributed by atoms with Gasteiger partial charge in [0.1, 0.15) is 29.7 Å². The normalized spacial score (nSPS) is 16.1. The molecule has 0 unspecified atom stereocenters. The first-order valence-corrected chi connectivity index (χ1v) is 12.1. The van der Waals surface area contributed by atoms with Gasteiger partial charge in [-0.25, -0.2) is 19.0 Å². The molecule has 1 fully saturated rings. The molecule has 2 heterocycles. The van der Waals surface area contributed by atoms with Crippen LogP contribution in [0.5, 0.6) is 0 Å². The van der Waals surface area contributed by atoms with Gasteiger partial charge >= 0.3 is 0 Å². The van der Waals surface area contributed by atoms with Crippen LogP contribution in [0.2, 0.25) is 0 Å². The van der Waals surface area contributed by atoms with Crippen molar-refractivity contribution >= 4 is 22.4 Å². The van der Waals surface area contributed by atoms with Crippen LogP contribution in [0, 0.1) is 11.2 Å². The quantitative estimate of drug-likeness (QED) is 0.350. The van der Waals surface area contributed by atoms with Gasteiger partial charge in [0.15, 0.2) is 0 Å². The van der Waals surface area contributed by atoms with Crippen LogP contribution in [0.3, 0.4) is 0 Å². The zero-order valence-electron chi connectivity index (χ0n) is 21.7. The lowest BCUT2D eigenvalue weighted by Gasteiger charge is -2.32. The van der Waals surface area contributed by atoms with Crippen molar-refractivity contribution in [2.45, 2.75) is 52.6 Å². The molecule has 1 atom stereocenters. The topological polar surface area (TPSA) is 71.8 Å². The molecule has 1 aliphatic carbocycles. The van der Waals surface area contributed by atoms with Gasteiger partial charge < -0.3 is 10.2 Å². The number of hydrogen-bond donors (Lipinski definition) is 1. The highest BCUT2D eigenvalue weighted by molar-refractivity contribution is 5.91. The second-order valence-electron chi connectivity index (χ2n) is 10.3. The SMILES string of the molecule is [2H][C@@](c1ccc(F)cc1)(c1cn(C2CC2)nn1)N(CC)c1ccc2ncnc(NCC(C)(C)C)c2c1. The van der Waals surface area contributed by atoms with Gasteiger partial charge in [-0.15, -0.1) is 5.10 Å². The first-order chi connectivity index (χ1) is 17.2. The summed E-state index contributed by atoms with van der Waals surface area (Å²) in [5, 5.41) is 13.1. The minimum absolute atomic E-state index is 0.0800. The smallest absolute Gasteiger partial charge is 0.137 e. The molecule has 0 radical (unpaired) electrons. The van der Waals surface area contributed by atoms with Crippen LogP contribution in [0.1, 0.15) is 65.2 Å². The fourth-order valence-corrected chi connectivity index (χ4v) is 4.12. The lowest BCUT2D eigenvalue weighted by Crippen LogP contribution is -2.29. The second-order valence-corrected chi connectivity index (χ2v) is 10.3. The Morgan fingerprint density at radius 2 is 1.94 bits per heavy atom. The molecule has 1 N–H and O–H groups in total. The van der Waals surface area contributed by atoms with Crippen molar-refractivity contribution in [2.75, 3.05) is 23.3 Å². The van der Waals surface area contributed by atoms with E-state index in [0.29, 0.717) is 23.8 Å². The Balaban J connectivity index is 1.62. The Morgan fingerprint density at radius 3 is 2.63 bits per heavy atom. The molecule has 1 aliphatic rings. The molecule has 0 bridgehead atoms. The zero-order valence-corrected chi connectivity index (χ0v) is 20.7. The standard InChI is InChI=1S/C27H32FN7/c1-5-34(21-12-13-23-22(14-21)26(31-17-30-23)29-16-27(2,3)4)25(18-6-8-19(28)9-7-18)24-15-35(33-32-24)20-10-11-20/h6-9,12-15,17,20,25H,5,10-11,16H2,1-4H3,(H,29,30,31)/t25-/m1/s1/i25D. The third kappa shape index (κ3) is 5.11. The number of fused-ring (bicyclic) bond motifs is 1. The van der Waals surface area contributed by atoms with E-state index >= 15 is 0 Å². The van der Waals surface area contributed by atoms with Gasteiger partial charge in [0.05, 0.1) is 19.1 Å². The summed E-state index contributed by atoms with van der Waals surface area (Å²) in [6, 6.07) is 10.9. The van der Waals surface area contributed by atoms with Crippen molar-refractivity contribution in [2.24, 2.45) is 5.41 Å². The molecule has 0 aliphatic heterocycles. The van der Waals surface area contributed by atoms with E-state index in [1.54, 1.807) is 18.5 Å². The molecule has 35 heavy (non-hydrogen) atoms. The van der Waals surface area contributed by atoms with Gasteiger partial charge in [-0.3, -0.25) is 0 Å². The van der Waals surface area contributed by atoms with Gasteiger partial charge in [0.2, 0.25) is 0 Å². The first-order valence-electron chi connectivity index (χ1n) is 12.6. The number of aromatic nitrogens is 5. The van der Waals surface area contributed by atoms with Crippen molar-refractivity contribution in [3.63, 3.8) is 0 Å². The maximum absolute atomic E-state index is 13.8. The molecule has 0 spiro atoms. The molecule has 1 saturated carbocycles. The van der Waals surface area contributed by atoms with E-state index < -0.39 is 6.02 Å². The summed E-state index contributed by atoms with van der Waals surface area (Å²) in [5.41, 5.74) is 2.83. The Labute approximate surface area is 206 Å². The van der Waals surface area contributed by atoms with Crippen LogP contribution in [0.25, 0.3) is 10.9 Å². The fourth-order valence-electron chi connectivity index (χ4n) is 4.12. The third-order valence-electron chi connectivity index (χ3n) is 6.09. The molecule has 182 valence electrons. The molecular formula is C27H32FN7. The van der Waals surface area contributed by atoms with Gasteiger partial charge in [-0.1, -0.05) is 38.1 Å². The molecule has 0 saturated heterocycles. The Kier molecular flexibility index (Phi) is 5.80. The van der Waals surface area contributed by atoms with Gasteiger partial charge in [-0.2, -0.15) is 0 Å². The van der Waals surface area contributed by atoms with Crippen LogP contribution in [0.15, 0.2) is 55.0 Å². The van der Waals surface area contributed by atoms with Crippen LogP contribution in [0.4, 0.5) is 15.9 Å². The van der Waals surface area contributed by atoms with E-state index in [4.69, 9.17) is 0 Å². The summed E-state index contributed by atoms with van der Waals surface area (Å²) in [4.78, 5) is 10.9. The van der Waals surface area contributed by atoms with E-state index in [2.05, 4.69) is 46.4 Å². The summed E-state index contributed by atoms with van der Waals surface area (Å²) in [5.74, 6) is 0.410. The number of hydrogen-bond acceptors (Lipinski definition) is 6. The molecule has 4 aromatic rings. The Morgan fingerprint density at radius 1 is 1.17 bits per heavy atom. The predicted octanol–water partition coefficient (Wildman–Crippen LogP) is 5.77. The van der Waals surface area contributed by atoms with E-state index in [9.17, 15) is 5.76 Å². The van der Waals surface area contributed by atoms with Crippen LogP contribution in [-0.2, 0) is 0 Å². The van der Waals surface area contributed by atoms with Gasteiger partial charge in [0.25, 0.3) is 0 Å². The summed E-state index contributed by atoms with van der Waals surface area (Å²) in [6.07, 6.45) is 5.55. The fraction of sp³-hybridized carbons (Fsp3) is 0.407. The number of anilines is 2. The highest BCUT2D eigenvalue weighted by Gasteiger charge is 2.29. The minimum atomic E-state index is -1.42. The van der Waals surface area contributed by atoms with E-state index in [-0.39, 0.29) is 11.2 Å². The van der Waals surface area contributed by atoms with Crippen molar-refractivity contribution in [3.8, 4) is 0 Å². The summed E-state index contributed by atoms with van der Waals surface area (Å²) >= 11 is 0. The second kappa shape index (κ2) is 9.24. The molecule has 2 aromatic heterocycles. The van der Waals surface area contributed by atoms with Crippen molar-refractivity contribution in [3.05, 3.63) is 72.1 Å². The van der Waals surface area contributed by atoms with Crippen LogP contribution < -0.4 is 10.2 Å². The van der Waals surface area contributed by atoms with Gasteiger partial charge in [-0.05, 0) is 61.1 Å². The van der Waals surface area contributed by atoms with Crippen LogP contribution >= 0.6 is 0 Å². The number of benzene rings is 2. The monoisotopic (exact) mass is 474 g/mol. The van der Waals surface area contributed by atoms with E-state index in [1.165, 1.54) is 12.1 Å². The molecule has 0 amide bonds. The molecule has 5 rings (SSSR count). The summed E-state index contributed by atoms with van der Waals surface area (Å²) in [6.45, 7) is 9.77. The first kappa shape index (κ1) is 21.9. The molecule has 2 aromatic carbocycles. The van der Waals surface area contributed by atoms with Crippen LogP contribution in [-0.4, -0.2) is 38.1 Å². The van der Waals surface area contributed by atoms with Crippen molar-refractivity contribution < 1.29 is 5.76 Å². The minimum Gasteiger partial charge on any atom is -0.369 e. The zero-order chi connectivity index (χ0) is 25.5. The summed E-state index contributed by atoms with van der Waals surface area (Å²) in [7, 11) is 0. The third-order valence-corrected chi connectivity index (χ3v) is 6.09. The molecule has 7 nitrogen and oxygen atoms in total. The lowest BCUT2D eigenvalue weighted by atomic mass is 9.97. The number of nitrogens with one attached hydrogen (secondary N) is 1. The largest absolute Gasteiger partial charge is 0.369 e. The summed E-state index contributed by atoms with van der Waals surface area (Å²) < 4.78 is 25.5. The number of rotatable bonds is 8. The molecular weight excluding hydrogens is 441 g/mol.